The number of carbonyl (C=O) groups is 8. The molecule has 0 aliphatic carbocycles. The Morgan fingerprint density at radius 2 is 0.368 bits per heavy atom. The van der Waals surface area contributed by atoms with Gasteiger partial charge in [0.05, 0.1) is 165 Å². The van der Waals surface area contributed by atoms with Crippen LogP contribution in [-0.4, -0.2) is 350 Å². The smallest absolute Gasteiger partial charge is 0.333 e. The molecule has 0 aromatic rings. The van der Waals surface area contributed by atoms with Gasteiger partial charge in [0.25, 0.3) is 0 Å². The predicted molar refractivity (Wildman–Crippen MR) is 283 cm³/mol. The molecule has 0 aromatic heterocycles. The zero-order valence-electron chi connectivity index (χ0n) is 48.3. The molecule has 0 saturated heterocycles. The molecular weight excluding hydrogens is 1190 g/mol. The first-order chi connectivity index (χ1) is 41.9. The summed E-state index contributed by atoms with van der Waals surface area (Å²) in [6.07, 6.45) is -5.09. The van der Waals surface area contributed by atoms with Gasteiger partial charge in [0.2, 0.25) is 0 Å². The quantitative estimate of drug-likeness (QED) is 0.0130. The van der Waals surface area contributed by atoms with E-state index >= 15 is 0 Å². The normalized spacial score (nSPS) is 13.4. The van der Waals surface area contributed by atoms with Crippen LogP contribution in [0, 0.1) is 0 Å². The lowest BCUT2D eigenvalue weighted by Gasteiger charge is -2.24. The molecule has 0 rings (SSSR count). The number of carboxylic acids is 8. The Morgan fingerprint density at radius 3 is 0.563 bits per heavy atom. The Hall–Kier alpha value is -5.34. The summed E-state index contributed by atoms with van der Waals surface area (Å²) >= 11 is 0. The molecule has 0 fully saturated rings. The van der Waals surface area contributed by atoms with Crippen molar-refractivity contribution < 1.29 is 179 Å². The van der Waals surface area contributed by atoms with Gasteiger partial charge in [0.15, 0.2) is 6.61 Å². The first-order valence-corrected chi connectivity index (χ1v) is 26.5. The number of rotatable bonds is 68. The van der Waals surface area contributed by atoms with Crippen LogP contribution in [0.2, 0.25) is 0 Å². The van der Waals surface area contributed by atoms with Gasteiger partial charge in [-0.15, -0.1) is 13.2 Å². The van der Waals surface area contributed by atoms with E-state index in [1.807, 2.05) is 0 Å². The zero-order valence-corrected chi connectivity index (χ0v) is 48.3. The number of hydrogen-bond donors (Lipinski definition) is 8. The van der Waals surface area contributed by atoms with Crippen LogP contribution < -0.4 is 0 Å². The molecule has 8 N–H and O–H groups in total. The molecule has 508 valence electrons. The van der Waals surface area contributed by atoms with E-state index in [0.717, 1.165) is 0 Å². The van der Waals surface area contributed by atoms with Crippen molar-refractivity contribution in [3.63, 3.8) is 0 Å². The molecule has 0 aliphatic heterocycles. The van der Waals surface area contributed by atoms with Crippen molar-refractivity contribution in [2.45, 2.75) is 36.6 Å². The summed E-state index contributed by atoms with van der Waals surface area (Å²) in [4.78, 5) is 96.7. The molecule has 37 nitrogen and oxygen atoms in total. The molecule has 0 radical (unpaired) electrons. The highest BCUT2D eigenvalue weighted by Gasteiger charge is 2.21. The maximum Gasteiger partial charge on any atom is 0.333 e. The molecule has 6 atom stereocenters. The van der Waals surface area contributed by atoms with E-state index in [9.17, 15) is 38.4 Å². The number of aliphatic carboxylic acids is 8. The minimum absolute atomic E-state index is 0.000988. The van der Waals surface area contributed by atoms with E-state index in [1.165, 1.54) is 0 Å². The van der Waals surface area contributed by atoms with Crippen LogP contribution in [-0.2, 0) is 138 Å². The molecule has 0 aliphatic rings. The topological polar surface area (TPSA) is 492 Å². The van der Waals surface area contributed by atoms with Crippen LogP contribution >= 0.6 is 0 Å². The average molecular weight is 1280 g/mol. The van der Waals surface area contributed by atoms with Crippen molar-refractivity contribution in [1.29, 1.82) is 0 Å². The van der Waals surface area contributed by atoms with Gasteiger partial charge >= 0.3 is 47.8 Å². The van der Waals surface area contributed by atoms with E-state index in [4.69, 9.17) is 136 Å². The third kappa shape index (κ3) is 63.5. The summed E-state index contributed by atoms with van der Waals surface area (Å²) in [6, 6.07) is 0. The third-order valence-electron chi connectivity index (χ3n) is 9.30. The fraction of sp³-hybridized carbons (Fsp3) is 0.800. The Kier molecular flexibility index (Phi) is 58.6. The lowest BCUT2D eigenvalue weighted by atomic mass is 10.3. The van der Waals surface area contributed by atoms with E-state index in [1.54, 1.807) is 0 Å². The second-order valence-corrected chi connectivity index (χ2v) is 16.8. The zero-order chi connectivity index (χ0) is 65.0. The van der Waals surface area contributed by atoms with Gasteiger partial charge in [0.1, 0.15) is 89.5 Å². The lowest BCUT2D eigenvalue weighted by molar-refractivity contribution is -0.306. The molecule has 0 saturated carbocycles. The van der Waals surface area contributed by atoms with Gasteiger partial charge in [-0.2, -0.15) is 0 Å². The Morgan fingerprint density at radius 1 is 0.207 bits per heavy atom. The Labute approximate surface area is 500 Å². The maximum atomic E-state index is 11.0. The second-order valence-electron chi connectivity index (χ2n) is 16.8. The second kappa shape index (κ2) is 60.9. The first-order valence-electron chi connectivity index (χ1n) is 26.5. The number of hydrogen-bond acceptors (Lipinski definition) is 29. The van der Waals surface area contributed by atoms with Crippen molar-refractivity contribution in [3.8, 4) is 0 Å². The van der Waals surface area contributed by atoms with Crippen molar-refractivity contribution in [1.82, 2.24) is 0 Å². The number of carboxylic acid groups (broad SMARTS) is 8. The molecule has 0 bridgehead atoms. The van der Waals surface area contributed by atoms with Gasteiger partial charge < -0.3 is 131 Å². The predicted octanol–water partition coefficient (Wildman–Crippen LogP) is -3.06. The van der Waals surface area contributed by atoms with Gasteiger partial charge in [0, 0.05) is 0 Å². The van der Waals surface area contributed by atoms with Crippen LogP contribution in [0.15, 0.2) is 13.2 Å². The van der Waals surface area contributed by atoms with Crippen LogP contribution in [0.1, 0.15) is 0 Å². The molecule has 0 heterocycles. The van der Waals surface area contributed by atoms with Crippen molar-refractivity contribution in [3.05, 3.63) is 13.2 Å². The summed E-state index contributed by atoms with van der Waals surface area (Å²) in [6.45, 7) is -2.48. The molecule has 0 amide bonds. The molecule has 6 unspecified atom stereocenters. The monoisotopic (exact) mass is 1280 g/mol. The van der Waals surface area contributed by atoms with Crippen molar-refractivity contribution in [2.24, 2.45) is 0 Å². The van der Waals surface area contributed by atoms with Crippen LogP contribution in [0.4, 0.5) is 0 Å². The van der Waals surface area contributed by atoms with E-state index < -0.39 is 137 Å². The largest absolute Gasteiger partial charge is 0.480 e. The summed E-state index contributed by atoms with van der Waals surface area (Å²) in [5.41, 5.74) is 0. The maximum absolute atomic E-state index is 11.0. The average Bonchev–Trinajstić information content (AvgIpc) is 3.53. The minimum Gasteiger partial charge on any atom is -0.480 e. The highest BCUT2D eigenvalue weighted by atomic mass is 17.2. The van der Waals surface area contributed by atoms with Crippen molar-refractivity contribution >= 4 is 47.8 Å². The van der Waals surface area contributed by atoms with Gasteiger partial charge in [-0.1, -0.05) is 0 Å². The van der Waals surface area contributed by atoms with E-state index in [-0.39, 0.29) is 172 Å². The third-order valence-corrected chi connectivity index (χ3v) is 9.30. The fourth-order valence-corrected chi connectivity index (χ4v) is 5.83. The SMILES string of the molecule is C=C.O=C(O)COCCOCC(COCC(COCC(COCC(COCC(COCC(COOCC(=O)O)OCCOCC(=O)O)OCCOCC(=O)O)OCCOCC(=O)O)OCCOCC(=O)O)OCCOCC(=O)O)OCCOCC(=O)O. The molecule has 37 heteroatoms. The molecular formula is C50H86O37. The van der Waals surface area contributed by atoms with Gasteiger partial charge in [-0.05, 0) is 0 Å². The Balaban J connectivity index is 0. The van der Waals surface area contributed by atoms with Crippen LogP contribution in [0.5, 0.6) is 0 Å². The number of ether oxygens (including phenoxy) is 19. The summed E-state index contributed by atoms with van der Waals surface area (Å²) in [5.74, 6) is -9.73. The van der Waals surface area contributed by atoms with E-state index in [0.29, 0.717) is 0 Å². The summed E-state index contributed by atoms with van der Waals surface area (Å²) < 4.78 is 105. The summed E-state index contributed by atoms with van der Waals surface area (Å²) in [5, 5.41) is 71.2. The highest BCUT2D eigenvalue weighted by molar-refractivity contribution is 5.70. The lowest BCUT2D eigenvalue weighted by Crippen LogP contribution is -2.36. The fourth-order valence-electron chi connectivity index (χ4n) is 5.83. The Bertz CT molecular complexity index is 1740. The van der Waals surface area contributed by atoms with Gasteiger partial charge in [-0.3, -0.25) is 0 Å². The van der Waals surface area contributed by atoms with E-state index in [2.05, 4.69) is 18.0 Å². The summed E-state index contributed by atoms with van der Waals surface area (Å²) in [7, 11) is 0. The standard InChI is InChI=1S/C48H82O37.C2H4/c49-41(50)27-66-2-1-65-15-35(78-9-3-67-28-42(51)52)16-73-17-36(79-10-4-68-29-43(53)54)18-74-19-37(80-11-5-69-30-44(55)56)20-75-21-38(81-12-6-70-31-45(57)58)22-76-23-39(82-13-7-71-32-46(59)60)24-77-25-40(26-84-85-34-48(63)64)83-14-8-72-33-47(61)62;1-2/h35-40H,1-34H2,(H,49,50)(H,51,52)(H,53,54)(H,55,56)(H,57,58)(H,59,60)(H,61,62)(H,63,64);1-2H2. The molecule has 87 heavy (non-hydrogen) atoms. The van der Waals surface area contributed by atoms with Gasteiger partial charge in [-0.25, -0.2) is 48.1 Å². The molecule has 0 aromatic carbocycles. The first kappa shape index (κ1) is 83.7. The van der Waals surface area contributed by atoms with Crippen LogP contribution in [0.25, 0.3) is 0 Å². The van der Waals surface area contributed by atoms with Crippen molar-refractivity contribution in [2.75, 3.05) is 225 Å². The van der Waals surface area contributed by atoms with Crippen LogP contribution in [0.3, 0.4) is 0 Å². The minimum atomic E-state index is -1.31. The highest BCUT2D eigenvalue weighted by Crippen LogP contribution is 2.07. The molecule has 0 spiro atoms.